The van der Waals surface area contributed by atoms with Gasteiger partial charge in [0.05, 0.1) is 42.0 Å². The Labute approximate surface area is 631 Å². The molecule has 0 radical (unpaired) electrons. The third-order valence-electron chi connectivity index (χ3n) is 21.6. The van der Waals surface area contributed by atoms with Gasteiger partial charge < -0.3 is 74.8 Å². The minimum absolute atomic E-state index is 0.0350. The predicted molar refractivity (Wildman–Crippen MR) is 400 cm³/mol. The number of nitrogens with one attached hydrogen (secondary N) is 4. The highest BCUT2D eigenvalue weighted by Gasteiger charge is 2.48. The van der Waals surface area contributed by atoms with Gasteiger partial charge in [-0.2, -0.15) is 0 Å². The zero-order valence-electron chi connectivity index (χ0n) is 65.2. The van der Waals surface area contributed by atoms with Gasteiger partial charge in [0.2, 0.25) is 40.9 Å². The van der Waals surface area contributed by atoms with Crippen molar-refractivity contribution in [2.75, 3.05) is 53.6 Å². The second kappa shape index (κ2) is 33.5. The molecule has 7 aliphatic rings. The first-order valence-electron chi connectivity index (χ1n) is 37.1. The number of aryl methyl sites for hydroxylation is 2. The largest absolute Gasteiger partial charge is 0.507 e. The second-order valence-electron chi connectivity index (χ2n) is 31.1. The molecule has 5 heterocycles. The molecule has 1 aromatic heterocycles. The number of aromatic nitrogens is 1. The van der Waals surface area contributed by atoms with Crippen molar-refractivity contribution in [1.82, 2.24) is 45.9 Å². The zero-order valence-corrected chi connectivity index (χ0v) is 65.2. The summed E-state index contributed by atoms with van der Waals surface area (Å²) in [4.78, 5) is 209. The van der Waals surface area contributed by atoms with Gasteiger partial charge in [-0.1, -0.05) is 80.4 Å². The number of amides is 8. The Morgan fingerprint density at radius 3 is 1.59 bits per heavy atom. The van der Waals surface area contributed by atoms with Crippen LogP contribution in [0, 0.1) is 68.1 Å². The summed E-state index contributed by atoms with van der Waals surface area (Å²) in [6, 6.07) is -2.65. The lowest BCUT2D eigenvalue weighted by atomic mass is 9.83. The number of likely N-dealkylation sites (N-methyl/N-ethyl adjacent to an activating group) is 4. The third kappa shape index (κ3) is 17.0. The van der Waals surface area contributed by atoms with Crippen LogP contribution in [-0.4, -0.2) is 197 Å². The monoisotopic (exact) mass is 1510 g/mol. The van der Waals surface area contributed by atoms with E-state index < -0.39 is 196 Å². The van der Waals surface area contributed by atoms with E-state index in [1.54, 1.807) is 75.3 Å². The maximum absolute atomic E-state index is 15.2. The van der Waals surface area contributed by atoms with Crippen molar-refractivity contribution in [2.45, 2.75) is 190 Å². The van der Waals surface area contributed by atoms with E-state index in [1.807, 2.05) is 13.0 Å². The number of aromatic hydroxyl groups is 1. The Morgan fingerprint density at radius 1 is 0.633 bits per heavy atom. The number of hydrogen-bond acceptors (Lipinski definition) is 22. The molecule has 2 aromatic carbocycles. The number of cyclic esters (lactones) is 2. The van der Waals surface area contributed by atoms with Crippen LogP contribution in [0.4, 0.5) is 5.69 Å². The minimum Gasteiger partial charge on any atom is -0.507 e. The van der Waals surface area contributed by atoms with Crippen LogP contribution in [0.15, 0.2) is 54.3 Å². The van der Waals surface area contributed by atoms with Crippen molar-refractivity contribution < 1.29 is 85.7 Å². The van der Waals surface area contributed by atoms with Crippen molar-refractivity contribution >= 4 is 98.5 Å². The van der Waals surface area contributed by atoms with Crippen LogP contribution in [-0.2, 0) is 63.8 Å². The van der Waals surface area contributed by atoms with Gasteiger partial charge in [-0.05, 0) is 115 Å². The van der Waals surface area contributed by atoms with Crippen LogP contribution in [0.25, 0.3) is 33.5 Å². The van der Waals surface area contributed by atoms with Gasteiger partial charge in [0.25, 0.3) is 11.8 Å². The Hall–Kier alpha value is -10.5. The number of nitrogen functional groups attached to an aromatic ring is 1. The number of Topliss-reactive ketones (excluding diaryl/α,β-unsaturated/α-hetero) is 2. The number of allylic oxidation sites excluding steroid dienone is 1. The molecule has 0 spiro atoms. The molecule has 2 saturated carbocycles. The van der Waals surface area contributed by atoms with E-state index in [0.717, 1.165) is 15.4 Å². The van der Waals surface area contributed by atoms with E-state index in [4.69, 9.17) is 33.8 Å². The van der Waals surface area contributed by atoms with Gasteiger partial charge >= 0.3 is 11.9 Å². The summed E-state index contributed by atoms with van der Waals surface area (Å²) in [7, 11) is 5.66. The van der Waals surface area contributed by atoms with Gasteiger partial charge in [-0.3, -0.25) is 57.5 Å². The number of rotatable bonds is 8. The number of esters is 2. The number of ketones is 2. The lowest BCUT2D eigenvalue weighted by molar-refractivity contribution is -0.163. The highest BCUT2D eigenvalue weighted by Crippen LogP contribution is 2.41. The van der Waals surface area contributed by atoms with Crippen LogP contribution in [0.1, 0.15) is 158 Å². The lowest BCUT2D eigenvalue weighted by Gasteiger charge is -2.35. The van der Waals surface area contributed by atoms with Crippen molar-refractivity contribution in [3.8, 4) is 23.0 Å². The number of benzene rings is 3. The van der Waals surface area contributed by atoms with E-state index in [2.05, 4.69) is 21.3 Å². The number of phenols is 1. The van der Waals surface area contributed by atoms with Crippen molar-refractivity contribution in [3.63, 3.8) is 0 Å². The summed E-state index contributed by atoms with van der Waals surface area (Å²) in [5, 5.41) is 21.3. The summed E-state index contributed by atoms with van der Waals surface area (Å²) < 4.78 is 29.5. The molecule has 10 rings (SSSR count). The molecule has 2 saturated heterocycles. The molecular weight excluding hydrogens is 1410 g/mol. The van der Waals surface area contributed by atoms with Gasteiger partial charge in [0.15, 0.2) is 28.3 Å². The average molecular weight is 1510 g/mol. The molecule has 109 heavy (non-hydrogen) atoms. The fourth-order valence-corrected chi connectivity index (χ4v) is 15.5. The Kier molecular flexibility index (Phi) is 25.4. The summed E-state index contributed by atoms with van der Waals surface area (Å²) in [6.45, 7) is 22.4. The third-order valence-corrected chi connectivity index (χ3v) is 21.6. The van der Waals surface area contributed by atoms with Crippen molar-refractivity contribution in [2.24, 2.45) is 47.3 Å². The predicted octanol–water partition coefficient (Wildman–Crippen LogP) is 5.40. The second-order valence-corrected chi connectivity index (χ2v) is 31.1. The van der Waals surface area contributed by atoms with Gasteiger partial charge in [0, 0.05) is 75.1 Å². The maximum atomic E-state index is 15.2. The smallest absolute Gasteiger partial charge is 0.329 e. The molecule has 30 heteroatoms. The van der Waals surface area contributed by atoms with E-state index in [-0.39, 0.29) is 50.2 Å². The first-order chi connectivity index (χ1) is 51.2. The molecule has 0 bridgehead atoms. The Balaban J connectivity index is 0.000000618. The van der Waals surface area contributed by atoms with E-state index in [9.17, 15) is 62.6 Å². The van der Waals surface area contributed by atoms with E-state index >= 15 is 9.59 Å². The number of nitrogens with zero attached hydrogens (tertiary/aromatic N) is 5. The first kappa shape index (κ1) is 82.5. The van der Waals surface area contributed by atoms with Gasteiger partial charge in [0.1, 0.15) is 82.4 Å². The van der Waals surface area contributed by atoms with Crippen LogP contribution in [0.3, 0.4) is 0 Å². The first-order valence-corrected chi connectivity index (χ1v) is 37.1. The highest BCUT2D eigenvalue weighted by atomic mass is 16.6. The number of ether oxygens (including phenoxy) is 3. The summed E-state index contributed by atoms with van der Waals surface area (Å²) >= 11 is 0. The quantitative estimate of drug-likeness (QED) is 0.0490. The number of anilines is 1. The molecule has 8 amide bonds. The number of nitrogens with two attached hydrogens (primary N) is 1. The molecule has 3 aliphatic carbocycles. The van der Waals surface area contributed by atoms with Crippen molar-refractivity contribution in [1.29, 1.82) is 0 Å². The maximum Gasteiger partial charge on any atom is 0.329 e. The molecule has 4 fully saturated rings. The van der Waals surface area contributed by atoms with Gasteiger partial charge in [-0.15, -0.1) is 0 Å². The molecule has 12 unspecified atom stereocenters. The minimum atomic E-state index is -1.86. The fourth-order valence-electron chi connectivity index (χ4n) is 15.5. The molecule has 588 valence electrons. The molecule has 30 nitrogen and oxygen atoms in total. The highest BCUT2D eigenvalue weighted by molar-refractivity contribution is 6.11. The number of fused-ring (bicyclic) bond motifs is 6. The van der Waals surface area contributed by atoms with Crippen LogP contribution in [0.2, 0.25) is 0 Å². The molecule has 7 N–H and O–H groups in total. The topological polar surface area (TPSA) is 413 Å². The summed E-state index contributed by atoms with van der Waals surface area (Å²) in [5.74, 6) is -13.8. The molecular formula is C79H102N10O20. The number of carbonyl (C=O) groups is 12. The van der Waals surface area contributed by atoms with Crippen LogP contribution in [0.5, 0.6) is 11.5 Å². The van der Waals surface area contributed by atoms with Crippen molar-refractivity contribution in [3.05, 3.63) is 89.9 Å². The zero-order chi connectivity index (χ0) is 80.5. The number of carbonyl (C=O) groups excluding carboxylic acids is 12. The summed E-state index contributed by atoms with van der Waals surface area (Å²) in [6.07, 6.45) is 1.89. The number of phenolic OH excluding ortho intramolecular Hbond substituents is 1. The average Bonchev–Trinajstić information content (AvgIpc) is 1.65. The molecule has 3 aromatic rings. The van der Waals surface area contributed by atoms with Gasteiger partial charge in [-0.25, -0.2) is 14.6 Å². The Bertz CT molecular complexity index is 4610. The SMILES string of the molecule is CC1=CCc2c(cc3oc(C)cc(=O)c3c2O)OC1.Cc1c2oc3c(C)ccc(C(=O)NC4C(=O)NC(C(C)C)C(=O)C5CCCC5C(=O)N(C)CC(=O)N(C)C(C(C)C)C(=O)OC4C)c3nc-2c(C(=O)NC2C(=O)NC(C(C)C)C(=O)C3CCCC3C(=O)N(C)CC(=O)N(C)C(C(C)C)C(=O)OC2C)c(N)c1=O. The van der Waals surface area contributed by atoms with E-state index in [0.29, 0.717) is 79.8 Å². The normalized spacial score (nSPS) is 25.5. The van der Waals surface area contributed by atoms with E-state index in [1.165, 1.54) is 77.0 Å². The van der Waals surface area contributed by atoms with Crippen LogP contribution < -0.4 is 42.6 Å². The standard InChI is InChI=1S/C64H88N10O16.C15H14O4/c1-27(2)44-53(78)35-19-17-21-37(35)61(84)71(13)25-40(75)73(15)50(29(5)6)63(86)88-33(11)46(59(82)67-44)69-57(80)39-24-23-31(9)55-48(39)66-49-42(43(65)52(77)32(10)56(49)90-55)58(81)70-47-34(12)89-64(87)51(30(7)8)74(16)41(76)26-72(14)62(85)38-22-18-20-36(38)54(79)45(28(3)4)68-60(47)83;1-8-3-4-10-12(18-7-8)6-13-14(15(10)17)11(16)5-9(2)19-13/h23-24,27-30,33-38,44-47,50-51H,17-22,25-26,65H2,1-16H3,(H,67,82)(H,68,83)(H,69,80)(H,70,81);3,5-6,17H,4,7H2,1-2H3. The number of hydrogen-bond donors (Lipinski definition) is 6. The fraction of sp³-hybridized carbons (Fsp3) is 0.557. The van der Waals surface area contributed by atoms with Crippen LogP contribution >= 0.6 is 0 Å². The summed E-state index contributed by atoms with van der Waals surface area (Å²) in [5.41, 5.74) is 5.53. The molecule has 4 aliphatic heterocycles. The molecule has 12 atom stereocenters. The lowest BCUT2D eigenvalue weighted by Crippen LogP contribution is -2.59. The Morgan fingerprint density at radius 2 is 1.11 bits per heavy atom.